The molecule has 1 rings (SSSR count). The van der Waals surface area contributed by atoms with Crippen LogP contribution in [0.1, 0.15) is 26.7 Å². The Morgan fingerprint density at radius 1 is 1.38 bits per heavy atom. The molecule has 4 nitrogen and oxygen atoms in total. The van der Waals surface area contributed by atoms with Crippen molar-refractivity contribution in [2.45, 2.75) is 32.7 Å². The van der Waals surface area contributed by atoms with Crippen LogP contribution in [-0.2, 0) is 4.79 Å². The first-order valence-corrected chi connectivity index (χ1v) is 6.20. The number of hydrogen-bond donors (Lipinski definition) is 1. The third-order valence-corrected chi connectivity index (χ3v) is 3.33. The summed E-state index contributed by atoms with van der Waals surface area (Å²) in [6, 6.07) is 0.459. The maximum Gasteiger partial charge on any atom is 0.309 e. The summed E-state index contributed by atoms with van der Waals surface area (Å²) >= 11 is 0. The summed E-state index contributed by atoms with van der Waals surface area (Å²) in [7, 11) is 2.01. The van der Waals surface area contributed by atoms with Crippen molar-refractivity contribution in [2.75, 3.05) is 33.2 Å². The minimum absolute atomic E-state index is 0.244. The van der Waals surface area contributed by atoms with Crippen molar-refractivity contribution in [2.24, 2.45) is 5.92 Å². The lowest BCUT2D eigenvalue weighted by molar-refractivity contribution is -0.142. The zero-order valence-corrected chi connectivity index (χ0v) is 10.6. The molecule has 1 heterocycles. The second-order valence-corrected chi connectivity index (χ2v) is 4.95. The quantitative estimate of drug-likeness (QED) is 0.783. The number of carboxylic acid groups (broad SMARTS) is 1. The van der Waals surface area contributed by atoms with Gasteiger partial charge in [-0.25, -0.2) is 0 Å². The fraction of sp³-hybridized carbons (Fsp3) is 0.917. The molecule has 1 fully saturated rings. The molecule has 1 N–H and O–H groups in total. The Morgan fingerprint density at radius 3 is 2.62 bits per heavy atom. The van der Waals surface area contributed by atoms with Gasteiger partial charge >= 0.3 is 5.97 Å². The molecule has 1 aliphatic rings. The van der Waals surface area contributed by atoms with Crippen molar-refractivity contribution in [1.29, 1.82) is 0 Å². The van der Waals surface area contributed by atoms with Crippen molar-refractivity contribution in [3.63, 3.8) is 0 Å². The van der Waals surface area contributed by atoms with E-state index in [9.17, 15) is 4.79 Å². The van der Waals surface area contributed by atoms with E-state index in [2.05, 4.69) is 23.6 Å². The summed E-state index contributed by atoms with van der Waals surface area (Å²) in [5, 5.41) is 9.16. The van der Waals surface area contributed by atoms with Crippen molar-refractivity contribution in [3.05, 3.63) is 0 Å². The van der Waals surface area contributed by atoms with Gasteiger partial charge < -0.3 is 10.0 Å². The molecule has 16 heavy (non-hydrogen) atoms. The number of carboxylic acids is 1. The van der Waals surface area contributed by atoms with Gasteiger partial charge in [0.1, 0.15) is 0 Å². The Labute approximate surface area is 98.2 Å². The standard InChI is InChI=1S/C12H24N2O2/c1-4-5-6-14-9-11(12(15)16)8-13(3)7-10(14)2/h10-11H,4-9H2,1-3H3,(H,15,16). The highest BCUT2D eigenvalue weighted by Gasteiger charge is 2.29. The first-order valence-electron chi connectivity index (χ1n) is 6.20. The fourth-order valence-electron chi connectivity index (χ4n) is 2.37. The van der Waals surface area contributed by atoms with E-state index in [1.807, 2.05) is 7.05 Å². The molecule has 0 radical (unpaired) electrons. The minimum atomic E-state index is -0.664. The van der Waals surface area contributed by atoms with E-state index in [0.29, 0.717) is 19.1 Å². The van der Waals surface area contributed by atoms with Crippen LogP contribution in [0.5, 0.6) is 0 Å². The van der Waals surface area contributed by atoms with Crippen LogP contribution < -0.4 is 0 Å². The van der Waals surface area contributed by atoms with Gasteiger partial charge in [-0.05, 0) is 26.9 Å². The number of rotatable bonds is 4. The number of carbonyl (C=O) groups is 1. The normalized spacial score (nSPS) is 28.9. The largest absolute Gasteiger partial charge is 0.481 e. The van der Waals surface area contributed by atoms with E-state index >= 15 is 0 Å². The van der Waals surface area contributed by atoms with Crippen LogP contribution in [0.25, 0.3) is 0 Å². The zero-order valence-electron chi connectivity index (χ0n) is 10.6. The van der Waals surface area contributed by atoms with Crippen molar-refractivity contribution < 1.29 is 9.90 Å². The Bertz CT molecular complexity index is 233. The van der Waals surface area contributed by atoms with Crippen LogP contribution in [0, 0.1) is 5.92 Å². The van der Waals surface area contributed by atoms with Gasteiger partial charge in [-0.2, -0.15) is 0 Å². The van der Waals surface area contributed by atoms with Crippen LogP contribution in [0.2, 0.25) is 0 Å². The Balaban J connectivity index is 2.62. The molecule has 0 saturated carbocycles. The second kappa shape index (κ2) is 6.21. The maximum atomic E-state index is 11.1. The van der Waals surface area contributed by atoms with Crippen molar-refractivity contribution in [1.82, 2.24) is 9.80 Å². The molecule has 0 bridgehead atoms. The molecule has 1 saturated heterocycles. The van der Waals surface area contributed by atoms with Gasteiger partial charge in [0.05, 0.1) is 5.92 Å². The molecule has 0 aromatic heterocycles. The lowest BCUT2D eigenvalue weighted by atomic mass is 10.1. The first-order chi connectivity index (χ1) is 7.54. The van der Waals surface area contributed by atoms with Gasteiger partial charge in [-0.3, -0.25) is 9.69 Å². The van der Waals surface area contributed by atoms with E-state index in [4.69, 9.17) is 5.11 Å². The number of aliphatic carboxylic acids is 1. The highest BCUT2D eigenvalue weighted by atomic mass is 16.4. The highest BCUT2D eigenvalue weighted by Crippen LogP contribution is 2.14. The lowest BCUT2D eigenvalue weighted by Crippen LogP contribution is -2.39. The molecule has 0 aromatic carbocycles. The Kier molecular flexibility index (Phi) is 5.22. The number of nitrogens with zero attached hydrogens (tertiary/aromatic N) is 2. The molecular formula is C12H24N2O2. The number of unbranched alkanes of at least 4 members (excludes halogenated alkanes) is 1. The van der Waals surface area contributed by atoms with Crippen LogP contribution >= 0.6 is 0 Å². The SMILES string of the molecule is CCCCN1CC(C(=O)O)CN(C)CC1C. The smallest absolute Gasteiger partial charge is 0.309 e. The van der Waals surface area contributed by atoms with E-state index < -0.39 is 5.97 Å². The van der Waals surface area contributed by atoms with E-state index in [-0.39, 0.29) is 5.92 Å². The van der Waals surface area contributed by atoms with Crippen LogP contribution in [0.15, 0.2) is 0 Å². The van der Waals surface area contributed by atoms with Crippen molar-refractivity contribution >= 4 is 5.97 Å². The topological polar surface area (TPSA) is 43.8 Å². The van der Waals surface area contributed by atoms with E-state index in [0.717, 1.165) is 25.9 Å². The predicted octanol–water partition coefficient (Wildman–Crippen LogP) is 1.12. The van der Waals surface area contributed by atoms with Gasteiger partial charge in [0.2, 0.25) is 0 Å². The highest BCUT2D eigenvalue weighted by molar-refractivity contribution is 5.70. The van der Waals surface area contributed by atoms with Gasteiger partial charge in [0, 0.05) is 25.7 Å². The van der Waals surface area contributed by atoms with E-state index in [1.54, 1.807) is 0 Å². The monoisotopic (exact) mass is 228 g/mol. The van der Waals surface area contributed by atoms with Gasteiger partial charge in [0.15, 0.2) is 0 Å². The summed E-state index contributed by atoms with van der Waals surface area (Å²) in [5.41, 5.74) is 0. The summed E-state index contributed by atoms with van der Waals surface area (Å²) < 4.78 is 0. The molecule has 0 spiro atoms. The summed E-state index contributed by atoms with van der Waals surface area (Å²) in [5.74, 6) is -0.908. The molecular weight excluding hydrogens is 204 g/mol. The number of hydrogen-bond acceptors (Lipinski definition) is 3. The third-order valence-electron chi connectivity index (χ3n) is 3.33. The molecule has 2 atom stereocenters. The zero-order chi connectivity index (χ0) is 12.1. The number of likely N-dealkylation sites (N-methyl/N-ethyl adjacent to an activating group) is 1. The van der Waals surface area contributed by atoms with Crippen molar-refractivity contribution in [3.8, 4) is 0 Å². The molecule has 1 aliphatic heterocycles. The second-order valence-electron chi connectivity index (χ2n) is 4.95. The Hall–Kier alpha value is -0.610. The van der Waals surface area contributed by atoms with Crippen LogP contribution in [0.3, 0.4) is 0 Å². The average Bonchev–Trinajstić information content (AvgIpc) is 2.34. The third kappa shape index (κ3) is 3.76. The first kappa shape index (κ1) is 13.5. The summed E-state index contributed by atoms with van der Waals surface area (Å²) in [6.07, 6.45) is 2.32. The molecule has 94 valence electrons. The lowest BCUT2D eigenvalue weighted by Gasteiger charge is -2.28. The molecule has 2 unspecified atom stereocenters. The van der Waals surface area contributed by atoms with Gasteiger partial charge in [-0.1, -0.05) is 13.3 Å². The molecule has 0 amide bonds. The van der Waals surface area contributed by atoms with Crippen LogP contribution in [-0.4, -0.2) is 60.1 Å². The minimum Gasteiger partial charge on any atom is -0.481 e. The Morgan fingerprint density at radius 2 is 2.06 bits per heavy atom. The maximum absolute atomic E-state index is 11.1. The summed E-state index contributed by atoms with van der Waals surface area (Å²) in [6.45, 7) is 7.71. The van der Waals surface area contributed by atoms with E-state index in [1.165, 1.54) is 0 Å². The predicted molar refractivity (Wildman–Crippen MR) is 64.6 cm³/mol. The molecule has 0 aliphatic carbocycles. The van der Waals surface area contributed by atoms with Gasteiger partial charge in [-0.15, -0.1) is 0 Å². The van der Waals surface area contributed by atoms with Crippen LogP contribution in [0.4, 0.5) is 0 Å². The average molecular weight is 228 g/mol. The summed E-state index contributed by atoms with van der Waals surface area (Å²) in [4.78, 5) is 15.6. The molecule has 4 heteroatoms. The van der Waals surface area contributed by atoms with Gasteiger partial charge in [0.25, 0.3) is 0 Å². The fourth-order valence-corrected chi connectivity index (χ4v) is 2.37. The molecule has 0 aromatic rings.